The highest BCUT2D eigenvalue weighted by Gasteiger charge is 2.26. The number of anilines is 1. The molecule has 0 spiro atoms. The fraction of sp³-hybridized carbons (Fsp3) is 0.429. The maximum atomic E-state index is 5.94. The summed E-state index contributed by atoms with van der Waals surface area (Å²) in [6.07, 6.45) is 0. The maximum Gasteiger partial charge on any atom is 0.124 e. The summed E-state index contributed by atoms with van der Waals surface area (Å²) < 4.78 is 5.94. The molecule has 0 saturated carbocycles. The molecule has 1 fully saturated rings. The van der Waals surface area contributed by atoms with E-state index >= 15 is 0 Å². The van der Waals surface area contributed by atoms with Gasteiger partial charge in [-0.3, -0.25) is 4.90 Å². The van der Waals surface area contributed by atoms with E-state index < -0.39 is 0 Å². The van der Waals surface area contributed by atoms with Crippen molar-refractivity contribution >= 4 is 5.69 Å². The van der Waals surface area contributed by atoms with Crippen LogP contribution in [0.3, 0.4) is 0 Å². The number of hydrogen-bond donors (Lipinski definition) is 1. The zero-order chi connectivity index (χ0) is 17.6. The Labute approximate surface area is 151 Å². The first kappa shape index (κ1) is 17.8. The Hall–Kier alpha value is -2.04. The van der Waals surface area contributed by atoms with Gasteiger partial charge < -0.3 is 15.0 Å². The molecule has 1 saturated heterocycles. The first-order valence-corrected chi connectivity index (χ1v) is 9.14. The first-order valence-electron chi connectivity index (χ1n) is 9.14. The van der Waals surface area contributed by atoms with Gasteiger partial charge in [0.1, 0.15) is 5.75 Å². The largest absolute Gasteiger partial charge is 0.494 e. The van der Waals surface area contributed by atoms with Crippen LogP contribution in [0.2, 0.25) is 0 Å². The molecule has 0 aromatic heterocycles. The molecule has 0 amide bonds. The molecular weight excluding hydrogens is 310 g/mol. The van der Waals surface area contributed by atoms with Gasteiger partial charge in [-0.25, -0.2) is 0 Å². The van der Waals surface area contributed by atoms with Gasteiger partial charge in [-0.2, -0.15) is 0 Å². The predicted octanol–water partition coefficient (Wildman–Crippen LogP) is 3.15. The Kier molecular flexibility index (Phi) is 5.95. The highest BCUT2D eigenvalue weighted by Crippen LogP contribution is 2.35. The fourth-order valence-corrected chi connectivity index (χ4v) is 3.48. The summed E-state index contributed by atoms with van der Waals surface area (Å²) in [5.74, 6) is 0.991. The van der Waals surface area contributed by atoms with E-state index in [2.05, 4.69) is 77.7 Å². The van der Waals surface area contributed by atoms with E-state index in [0.717, 1.165) is 31.9 Å². The first-order chi connectivity index (χ1) is 12.2. The van der Waals surface area contributed by atoms with Crippen molar-refractivity contribution in [3.8, 4) is 5.75 Å². The second-order valence-corrected chi connectivity index (χ2v) is 6.65. The number of rotatable bonds is 6. The lowest BCUT2D eigenvalue weighted by atomic mass is 9.95. The van der Waals surface area contributed by atoms with Crippen LogP contribution in [-0.2, 0) is 0 Å². The van der Waals surface area contributed by atoms with Crippen molar-refractivity contribution in [1.82, 2.24) is 10.2 Å². The van der Waals surface area contributed by atoms with E-state index in [0.29, 0.717) is 6.61 Å². The summed E-state index contributed by atoms with van der Waals surface area (Å²) in [4.78, 5) is 4.69. The molecule has 0 bridgehead atoms. The molecular formula is C21H29N3O. The van der Waals surface area contributed by atoms with Crippen LogP contribution in [0, 0.1) is 0 Å². The number of ether oxygens (including phenoxy) is 1. The third kappa shape index (κ3) is 4.14. The molecule has 4 nitrogen and oxygen atoms in total. The van der Waals surface area contributed by atoms with Crippen molar-refractivity contribution in [3.63, 3.8) is 0 Å². The van der Waals surface area contributed by atoms with E-state index in [1.807, 2.05) is 6.92 Å². The third-order valence-corrected chi connectivity index (χ3v) is 4.76. The zero-order valence-electron chi connectivity index (χ0n) is 15.5. The summed E-state index contributed by atoms with van der Waals surface area (Å²) in [5, 5.41) is 3.46. The van der Waals surface area contributed by atoms with Crippen molar-refractivity contribution in [2.24, 2.45) is 0 Å². The predicted molar refractivity (Wildman–Crippen MR) is 105 cm³/mol. The van der Waals surface area contributed by atoms with Crippen molar-refractivity contribution in [2.45, 2.75) is 13.0 Å². The van der Waals surface area contributed by atoms with E-state index in [4.69, 9.17) is 4.74 Å². The topological polar surface area (TPSA) is 27.7 Å². The zero-order valence-corrected chi connectivity index (χ0v) is 15.5. The van der Waals surface area contributed by atoms with Crippen molar-refractivity contribution in [3.05, 3.63) is 59.7 Å². The molecule has 1 unspecified atom stereocenters. The SMILES string of the molecule is CCOc1ccccc1C(c1ccc(N(C)C)cc1)N1CCNCC1. The maximum absolute atomic E-state index is 5.94. The highest BCUT2D eigenvalue weighted by molar-refractivity contribution is 5.49. The van der Waals surface area contributed by atoms with Crippen molar-refractivity contribution in [2.75, 3.05) is 51.8 Å². The van der Waals surface area contributed by atoms with Gasteiger partial charge in [-0.05, 0) is 30.7 Å². The Bertz CT molecular complexity index is 663. The van der Waals surface area contributed by atoms with Crippen LogP contribution in [0.25, 0.3) is 0 Å². The van der Waals surface area contributed by atoms with Gasteiger partial charge in [0.2, 0.25) is 0 Å². The lowest BCUT2D eigenvalue weighted by molar-refractivity contribution is 0.194. The Morgan fingerprint density at radius 3 is 2.36 bits per heavy atom. The molecule has 4 heteroatoms. The molecule has 25 heavy (non-hydrogen) atoms. The van der Waals surface area contributed by atoms with Gasteiger partial charge in [0.05, 0.1) is 12.6 Å². The van der Waals surface area contributed by atoms with Gasteiger partial charge in [0.15, 0.2) is 0 Å². The van der Waals surface area contributed by atoms with Crippen molar-refractivity contribution < 1.29 is 4.74 Å². The van der Waals surface area contributed by atoms with Crippen LogP contribution in [-0.4, -0.2) is 51.8 Å². The minimum atomic E-state index is 0.223. The van der Waals surface area contributed by atoms with Crippen LogP contribution in [0.1, 0.15) is 24.1 Å². The average molecular weight is 339 g/mol. The standard InChI is InChI=1S/C21H29N3O/c1-4-25-20-8-6-5-7-19(20)21(24-15-13-22-14-16-24)17-9-11-18(12-10-17)23(2)3/h5-12,21-22H,4,13-16H2,1-3H3. The van der Waals surface area contributed by atoms with Crippen LogP contribution in [0.15, 0.2) is 48.5 Å². The summed E-state index contributed by atoms with van der Waals surface area (Å²) in [6, 6.07) is 17.6. The Morgan fingerprint density at radius 1 is 1.04 bits per heavy atom. The number of nitrogens with zero attached hydrogens (tertiary/aromatic N) is 2. The van der Waals surface area contributed by atoms with Crippen LogP contribution in [0.5, 0.6) is 5.75 Å². The lowest BCUT2D eigenvalue weighted by Crippen LogP contribution is -2.45. The molecule has 0 radical (unpaired) electrons. The van der Waals surface area contributed by atoms with E-state index in [1.54, 1.807) is 0 Å². The minimum absolute atomic E-state index is 0.223. The quantitative estimate of drug-likeness (QED) is 0.875. The average Bonchev–Trinajstić information content (AvgIpc) is 2.65. The molecule has 0 aliphatic carbocycles. The van der Waals surface area contributed by atoms with Crippen LogP contribution < -0.4 is 15.0 Å². The van der Waals surface area contributed by atoms with E-state index in [-0.39, 0.29) is 6.04 Å². The van der Waals surface area contributed by atoms with Crippen LogP contribution in [0.4, 0.5) is 5.69 Å². The Balaban J connectivity index is 2.00. The number of hydrogen-bond acceptors (Lipinski definition) is 4. The molecule has 2 aromatic rings. The molecule has 1 heterocycles. The van der Waals surface area contributed by atoms with Gasteiger partial charge >= 0.3 is 0 Å². The monoisotopic (exact) mass is 339 g/mol. The molecule has 2 aromatic carbocycles. The molecule has 134 valence electrons. The summed E-state index contributed by atoms with van der Waals surface area (Å²) in [6.45, 7) is 6.88. The molecule has 1 N–H and O–H groups in total. The van der Waals surface area contributed by atoms with Gasteiger partial charge in [-0.15, -0.1) is 0 Å². The number of para-hydroxylation sites is 1. The molecule has 1 aliphatic rings. The smallest absolute Gasteiger partial charge is 0.124 e. The highest BCUT2D eigenvalue weighted by atomic mass is 16.5. The third-order valence-electron chi connectivity index (χ3n) is 4.76. The fourth-order valence-electron chi connectivity index (χ4n) is 3.48. The number of benzene rings is 2. The number of piperazine rings is 1. The molecule has 3 rings (SSSR count). The summed E-state index contributed by atoms with van der Waals surface area (Å²) >= 11 is 0. The van der Waals surface area contributed by atoms with Crippen molar-refractivity contribution in [1.29, 1.82) is 0 Å². The van der Waals surface area contributed by atoms with Gasteiger partial charge in [0.25, 0.3) is 0 Å². The minimum Gasteiger partial charge on any atom is -0.494 e. The van der Waals surface area contributed by atoms with Gasteiger partial charge in [0, 0.05) is 51.5 Å². The van der Waals surface area contributed by atoms with Gasteiger partial charge in [-0.1, -0.05) is 30.3 Å². The number of nitrogens with one attached hydrogen (secondary N) is 1. The lowest BCUT2D eigenvalue weighted by Gasteiger charge is -2.36. The Morgan fingerprint density at radius 2 is 1.72 bits per heavy atom. The van der Waals surface area contributed by atoms with E-state index in [9.17, 15) is 0 Å². The summed E-state index contributed by atoms with van der Waals surface area (Å²) in [7, 11) is 4.15. The van der Waals surface area contributed by atoms with E-state index in [1.165, 1.54) is 16.8 Å². The second-order valence-electron chi connectivity index (χ2n) is 6.65. The summed E-state index contributed by atoms with van der Waals surface area (Å²) in [5.41, 5.74) is 3.80. The van der Waals surface area contributed by atoms with Crippen LogP contribution >= 0.6 is 0 Å². The molecule has 1 atom stereocenters. The molecule has 1 aliphatic heterocycles. The normalized spacial score (nSPS) is 16.4. The second kappa shape index (κ2) is 8.37.